The van der Waals surface area contributed by atoms with Gasteiger partial charge in [-0.15, -0.1) is 0 Å². The molecule has 1 saturated carbocycles. The summed E-state index contributed by atoms with van der Waals surface area (Å²) in [4.78, 5) is 41.1. The van der Waals surface area contributed by atoms with E-state index in [4.69, 9.17) is 13.9 Å². The van der Waals surface area contributed by atoms with Gasteiger partial charge in [-0.05, 0) is 60.9 Å². The topological polar surface area (TPSA) is 98.1 Å². The van der Waals surface area contributed by atoms with Crippen LogP contribution in [-0.2, 0) is 20.7 Å². The number of esters is 1. The first kappa shape index (κ1) is 32.3. The number of carbonyl (C=O) groups excluding carboxylic acids is 3. The molecule has 238 valence electrons. The van der Waals surface area contributed by atoms with Gasteiger partial charge < -0.3 is 24.1 Å². The molecule has 46 heavy (non-hydrogen) atoms. The molecular weight excluding hydrogens is 580 g/mol. The van der Waals surface area contributed by atoms with E-state index in [1.54, 1.807) is 54.8 Å². The van der Waals surface area contributed by atoms with Crippen LogP contribution in [0.4, 0.5) is 5.69 Å². The number of ketones is 1. The number of anilines is 1. The van der Waals surface area contributed by atoms with Gasteiger partial charge in [0.25, 0.3) is 0 Å². The normalized spacial score (nSPS) is 14.0. The van der Waals surface area contributed by atoms with Gasteiger partial charge in [0.05, 0.1) is 19.9 Å². The van der Waals surface area contributed by atoms with Gasteiger partial charge in [-0.2, -0.15) is 0 Å². The monoisotopic (exact) mass is 620 g/mol. The molecule has 0 bridgehead atoms. The van der Waals surface area contributed by atoms with Gasteiger partial charge >= 0.3 is 5.97 Å². The lowest BCUT2D eigenvalue weighted by Crippen LogP contribution is -2.42. The summed E-state index contributed by atoms with van der Waals surface area (Å²) in [5.74, 6) is 0.702. The number of nitrogens with zero attached hydrogens (tertiary/aromatic N) is 1. The summed E-state index contributed by atoms with van der Waals surface area (Å²) in [6, 6.07) is 26.8. The summed E-state index contributed by atoms with van der Waals surface area (Å²) >= 11 is 0. The number of benzene rings is 3. The van der Waals surface area contributed by atoms with Crippen molar-refractivity contribution in [3.05, 3.63) is 126 Å². The van der Waals surface area contributed by atoms with Crippen LogP contribution in [0, 0.1) is 0 Å². The van der Waals surface area contributed by atoms with Crippen molar-refractivity contribution in [2.45, 2.75) is 50.6 Å². The molecule has 1 N–H and O–H groups in total. The molecule has 0 radical (unpaired) electrons. The Hall–Kier alpha value is -5.11. The van der Waals surface area contributed by atoms with Crippen molar-refractivity contribution in [3.8, 4) is 5.75 Å². The summed E-state index contributed by atoms with van der Waals surface area (Å²) in [6.07, 6.45) is 10.6. The first-order valence-electron chi connectivity index (χ1n) is 15.8. The third kappa shape index (κ3) is 8.75. The summed E-state index contributed by atoms with van der Waals surface area (Å²) in [7, 11) is 1.35. The molecule has 1 aromatic heterocycles. The molecule has 0 spiro atoms. The number of rotatable bonds is 14. The van der Waals surface area contributed by atoms with Crippen LogP contribution in [0.25, 0.3) is 6.08 Å². The highest BCUT2D eigenvalue weighted by Gasteiger charge is 2.25. The Morgan fingerprint density at radius 2 is 1.65 bits per heavy atom. The number of hydrogen-bond donors (Lipinski definition) is 1. The standard InChI is InChI=1S/C38H40N2O6/c1-44-38(43)35(39-34-17-9-8-16-33(34)37(42)29-11-4-2-5-12-29)27-28-18-20-32(21-19-28)46-26-24-40(30-13-6-3-7-14-30)36(41)23-22-31-15-10-25-45-31/h2,4-5,8-12,15-23,25,30,35,39H,3,6-7,13-14,24,26-27H2,1H3/t35-/m0/s1. The van der Waals surface area contributed by atoms with Gasteiger partial charge in [0.15, 0.2) is 5.78 Å². The van der Waals surface area contributed by atoms with Crippen molar-refractivity contribution in [3.63, 3.8) is 0 Å². The highest BCUT2D eigenvalue weighted by molar-refractivity contribution is 6.12. The first-order valence-corrected chi connectivity index (χ1v) is 15.8. The van der Waals surface area contributed by atoms with Crippen molar-refractivity contribution in [1.29, 1.82) is 0 Å². The van der Waals surface area contributed by atoms with E-state index in [-0.39, 0.29) is 17.7 Å². The van der Waals surface area contributed by atoms with Gasteiger partial charge in [-0.1, -0.05) is 73.9 Å². The van der Waals surface area contributed by atoms with Gasteiger partial charge in [0.2, 0.25) is 5.91 Å². The molecule has 0 saturated heterocycles. The minimum Gasteiger partial charge on any atom is -0.492 e. The Kier molecular flexibility index (Phi) is 11.4. The molecule has 1 amide bonds. The maximum absolute atomic E-state index is 13.2. The Balaban J connectivity index is 1.20. The number of carbonyl (C=O) groups is 3. The van der Waals surface area contributed by atoms with E-state index < -0.39 is 12.0 Å². The zero-order valence-corrected chi connectivity index (χ0v) is 26.1. The number of amides is 1. The summed E-state index contributed by atoms with van der Waals surface area (Å²) in [5.41, 5.74) is 2.49. The van der Waals surface area contributed by atoms with Crippen LogP contribution in [0.5, 0.6) is 5.75 Å². The molecule has 1 atom stereocenters. The summed E-state index contributed by atoms with van der Waals surface area (Å²) in [5, 5.41) is 3.24. The molecule has 8 heteroatoms. The van der Waals surface area contributed by atoms with Crippen molar-refractivity contribution in [1.82, 2.24) is 4.90 Å². The van der Waals surface area contributed by atoms with Gasteiger partial charge in [0, 0.05) is 35.4 Å². The number of ether oxygens (including phenoxy) is 2. The molecule has 1 fully saturated rings. The van der Waals surface area contributed by atoms with Crippen LogP contribution < -0.4 is 10.1 Å². The van der Waals surface area contributed by atoms with E-state index >= 15 is 0 Å². The van der Waals surface area contributed by atoms with Gasteiger partial charge in [-0.25, -0.2) is 4.79 Å². The highest BCUT2D eigenvalue weighted by Crippen LogP contribution is 2.24. The Bertz CT molecular complexity index is 1590. The number of nitrogens with one attached hydrogen (secondary N) is 1. The SMILES string of the molecule is COC(=O)[C@H](Cc1ccc(OCCN(C(=O)C=Cc2ccco2)C2CCCCC2)cc1)Nc1ccccc1C(=O)c1ccccc1. The Morgan fingerprint density at radius 3 is 2.37 bits per heavy atom. The summed E-state index contributed by atoms with van der Waals surface area (Å²) < 4.78 is 16.5. The zero-order valence-electron chi connectivity index (χ0n) is 26.1. The molecule has 1 heterocycles. The first-order chi connectivity index (χ1) is 22.5. The second-order valence-corrected chi connectivity index (χ2v) is 11.3. The number of methoxy groups -OCH3 is 1. The smallest absolute Gasteiger partial charge is 0.328 e. The molecule has 5 rings (SSSR count). The van der Waals surface area contributed by atoms with Gasteiger partial charge in [0.1, 0.15) is 24.2 Å². The molecular formula is C38H40N2O6. The fraction of sp³-hybridized carbons (Fsp3) is 0.289. The van der Waals surface area contributed by atoms with Gasteiger partial charge in [-0.3, -0.25) is 9.59 Å². The van der Waals surface area contributed by atoms with Crippen molar-refractivity contribution >= 4 is 29.4 Å². The van der Waals surface area contributed by atoms with Crippen LogP contribution >= 0.6 is 0 Å². The lowest BCUT2D eigenvalue weighted by Gasteiger charge is -2.33. The van der Waals surface area contributed by atoms with Crippen LogP contribution in [0.2, 0.25) is 0 Å². The molecule has 0 unspecified atom stereocenters. The van der Waals surface area contributed by atoms with Crippen LogP contribution in [0.1, 0.15) is 59.3 Å². The predicted molar refractivity (Wildman–Crippen MR) is 178 cm³/mol. The van der Waals surface area contributed by atoms with E-state index in [2.05, 4.69) is 5.32 Å². The molecule has 4 aromatic rings. The van der Waals surface area contributed by atoms with E-state index in [0.29, 0.717) is 47.9 Å². The van der Waals surface area contributed by atoms with E-state index in [0.717, 1.165) is 31.2 Å². The number of para-hydroxylation sites is 1. The maximum Gasteiger partial charge on any atom is 0.328 e. The second-order valence-electron chi connectivity index (χ2n) is 11.3. The van der Waals surface area contributed by atoms with Crippen LogP contribution in [0.3, 0.4) is 0 Å². The number of furan rings is 1. The third-order valence-electron chi connectivity index (χ3n) is 8.22. The Morgan fingerprint density at radius 1 is 0.913 bits per heavy atom. The minimum absolute atomic E-state index is 0.0457. The molecule has 1 aliphatic carbocycles. The Labute approximate surface area is 270 Å². The summed E-state index contributed by atoms with van der Waals surface area (Å²) in [6.45, 7) is 0.831. The lowest BCUT2D eigenvalue weighted by atomic mass is 9.94. The number of hydrogen-bond acceptors (Lipinski definition) is 7. The third-order valence-corrected chi connectivity index (χ3v) is 8.22. The minimum atomic E-state index is -0.717. The highest BCUT2D eigenvalue weighted by atomic mass is 16.5. The van der Waals surface area contributed by atoms with E-state index in [9.17, 15) is 14.4 Å². The fourth-order valence-electron chi connectivity index (χ4n) is 5.80. The van der Waals surface area contributed by atoms with E-state index in [1.807, 2.05) is 59.5 Å². The fourth-order valence-corrected chi connectivity index (χ4v) is 5.80. The largest absolute Gasteiger partial charge is 0.492 e. The van der Waals surface area contributed by atoms with Crippen LogP contribution in [0.15, 0.2) is 108 Å². The zero-order chi connectivity index (χ0) is 32.1. The lowest BCUT2D eigenvalue weighted by molar-refractivity contribution is -0.141. The van der Waals surface area contributed by atoms with Crippen molar-refractivity contribution < 1.29 is 28.3 Å². The average molecular weight is 621 g/mol. The molecule has 0 aliphatic heterocycles. The van der Waals surface area contributed by atoms with Crippen molar-refractivity contribution in [2.75, 3.05) is 25.6 Å². The van der Waals surface area contributed by atoms with Crippen LogP contribution in [-0.4, -0.2) is 54.9 Å². The maximum atomic E-state index is 13.2. The molecule has 8 nitrogen and oxygen atoms in total. The molecule has 3 aromatic carbocycles. The molecule has 1 aliphatic rings. The quantitative estimate of drug-likeness (QED) is 0.0925. The second kappa shape index (κ2) is 16.3. The van der Waals surface area contributed by atoms with E-state index in [1.165, 1.54) is 13.5 Å². The predicted octanol–water partition coefficient (Wildman–Crippen LogP) is 6.96. The average Bonchev–Trinajstić information content (AvgIpc) is 3.64. The van der Waals surface area contributed by atoms with Crippen molar-refractivity contribution in [2.24, 2.45) is 0 Å².